The van der Waals surface area contributed by atoms with E-state index in [2.05, 4.69) is 4.98 Å². The summed E-state index contributed by atoms with van der Waals surface area (Å²) < 4.78 is 24.9. The van der Waals surface area contributed by atoms with Gasteiger partial charge in [0.1, 0.15) is 9.45 Å². The highest BCUT2D eigenvalue weighted by Crippen LogP contribution is 2.33. The molecule has 1 N–H and O–H groups in total. The van der Waals surface area contributed by atoms with E-state index in [-0.39, 0.29) is 3.70 Å². The lowest BCUT2D eigenvalue weighted by molar-refractivity contribution is 0.106. The van der Waals surface area contributed by atoms with Gasteiger partial charge in [-0.3, -0.25) is 4.79 Å². The van der Waals surface area contributed by atoms with Gasteiger partial charge in [-0.15, -0.1) is 0 Å². The number of hydrogen-bond acceptors (Lipinski definition) is 3. The number of pyridine rings is 1. The average Bonchev–Trinajstić information content (AvgIpc) is 2.07. The van der Waals surface area contributed by atoms with Crippen LogP contribution < -0.4 is 0 Å². The van der Waals surface area contributed by atoms with E-state index in [1.807, 2.05) is 0 Å². The lowest BCUT2D eigenvalue weighted by atomic mass is 10.1. The summed E-state index contributed by atoms with van der Waals surface area (Å²) in [5.41, 5.74) is -1.22. The zero-order chi connectivity index (χ0) is 10.9. The Balaban J connectivity index is 3.50. The molecule has 1 aromatic heterocycles. The molecule has 7 heteroatoms. The number of hydrogen-bond donors (Lipinski definition) is 1. The number of carbonyl (C=O) groups is 1. The normalized spacial score (nSPS) is 10.6. The van der Waals surface area contributed by atoms with Crippen molar-refractivity contribution in [2.24, 2.45) is 0 Å². The summed E-state index contributed by atoms with van der Waals surface area (Å²) in [7, 11) is 0. The molecule has 0 saturated heterocycles. The van der Waals surface area contributed by atoms with Gasteiger partial charge in [-0.2, -0.15) is 0 Å². The first kappa shape index (κ1) is 11.6. The molecule has 0 aliphatic carbocycles. The second-order valence-electron chi connectivity index (χ2n) is 2.30. The van der Waals surface area contributed by atoms with E-state index in [1.54, 1.807) is 22.6 Å². The number of alkyl halides is 2. The summed E-state index contributed by atoms with van der Waals surface area (Å²) in [5, 5.41) is 8.02. The Kier molecular flexibility index (Phi) is 3.59. The quantitative estimate of drug-likeness (QED) is 0.514. The van der Waals surface area contributed by atoms with Gasteiger partial charge in [-0.1, -0.05) is 0 Å². The van der Waals surface area contributed by atoms with Gasteiger partial charge in [0.05, 0.1) is 17.3 Å². The maximum atomic E-state index is 12.4. The summed E-state index contributed by atoms with van der Waals surface area (Å²) in [6, 6.07) is 0. The first-order valence-electron chi connectivity index (χ1n) is 3.30. The fourth-order valence-electron chi connectivity index (χ4n) is 0.899. The summed E-state index contributed by atoms with van der Waals surface area (Å²) in [6.07, 6.45) is -2.11. The van der Waals surface area contributed by atoms with Gasteiger partial charge in [0.2, 0.25) is 0 Å². The van der Waals surface area contributed by atoms with Gasteiger partial charge >= 0.3 is 0 Å². The summed E-state index contributed by atoms with van der Waals surface area (Å²) >= 11 is 6.69. The van der Waals surface area contributed by atoms with Crippen molar-refractivity contribution in [1.29, 1.82) is 0 Å². The second-order valence-corrected chi connectivity index (χ2v) is 3.66. The minimum atomic E-state index is -2.97. The van der Waals surface area contributed by atoms with Crippen LogP contribution in [0.25, 0.3) is 0 Å². The molecular formula is C7H3ClF2INO2. The highest BCUT2D eigenvalue weighted by Gasteiger charge is 2.24. The van der Waals surface area contributed by atoms with E-state index in [4.69, 9.17) is 16.7 Å². The molecule has 1 rings (SSSR count). The molecule has 0 fully saturated rings. The molecule has 0 unspecified atom stereocenters. The van der Waals surface area contributed by atoms with Crippen LogP contribution in [0.3, 0.4) is 0 Å². The van der Waals surface area contributed by atoms with Gasteiger partial charge in [0, 0.05) is 0 Å². The molecule has 0 radical (unpaired) electrons. The van der Waals surface area contributed by atoms with E-state index >= 15 is 0 Å². The minimum Gasteiger partial charge on any atom is -0.506 e. The SMILES string of the molecule is O=C(Cl)c1c(I)ncc(O)c1C(F)F. The molecule has 0 atom stereocenters. The molecular weight excluding hydrogens is 330 g/mol. The lowest BCUT2D eigenvalue weighted by Gasteiger charge is -2.08. The largest absolute Gasteiger partial charge is 0.506 e. The molecule has 0 aliphatic heterocycles. The smallest absolute Gasteiger partial charge is 0.268 e. The molecule has 0 aliphatic rings. The molecule has 0 spiro atoms. The monoisotopic (exact) mass is 333 g/mol. The Morgan fingerprint density at radius 1 is 1.64 bits per heavy atom. The van der Waals surface area contributed by atoms with Crippen LogP contribution in [0.5, 0.6) is 5.75 Å². The molecule has 0 aromatic carbocycles. The van der Waals surface area contributed by atoms with E-state index in [1.165, 1.54) is 0 Å². The van der Waals surface area contributed by atoms with Gasteiger partial charge in [-0.25, -0.2) is 13.8 Å². The molecule has 3 nitrogen and oxygen atoms in total. The molecule has 76 valence electrons. The van der Waals surface area contributed by atoms with Crippen molar-refractivity contribution < 1.29 is 18.7 Å². The Hall–Kier alpha value is -0.500. The van der Waals surface area contributed by atoms with Crippen LogP contribution >= 0.6 is 34.2 Å². The van der Waals surface area contributed by atoms with Crippen molar-refractivity contribution in [1.82, 2.24) is 4.98 Å². The van der Waals surface area contributed by atoms with Crippen molar-refractivity contribution in [2.45, 2.75) is 6.43 Å². The third kappa shape index (κ3) is 2.11. The zero-order valence-electron chi connectivity index (χ0n) is 6.47. The van der Waals surface area contributed by atoms with Crippen molar-refractivity contribution in [2.75, 3.05) is 0 Å². The standard InChI is InChI=1S/C7H3ClF2INO2/c8-5(14)4-3(6(9)10)2(13)1-12-7(4)11/h1,6,13H. The van der Waals surface area contributed by atoms with Crippen molar-refractivity contribution in [3.05, 3.63) is 21.0 Å². The number of nitrogens with zero attached hydrogens (tertiary/aromatic N) is 1. The summed E-state index contributed by atoms with van der Waals surface area (Å²) in [4.78, 5) is 14.4. The molecule has 0 amide bonds. The highest BCUT2D eigenvalue weighted by molar-refractivity contribution is 14.1. The van der Waals surface area contributed by atoms with E-state index in [0.29, 0.717) is 0 Å². The van der Waals surface area contributed by atoms with Crippen LogP contribution in [0.2, 0.25) is 0 Å². The van der Waals surface area contributed by atoms with Crippen LogP contribution in [-0.2, 0) is 0 Å². The van der Waals surface area contributed by atoms with Crippen molar-refractivity contribution >= 4 is 39.4 Å². The number of aromatic hydroxyl groups is 1. The fraction of sp³-hybridized carbons (Fsp3) is 0.143. The fourth-order valence-corrected chi connectivity index (χ4v) is 1.92. The van der Waals surface area contributed by atoms with Crippen LogP contribution in [0.1, 0.15) is 22.3 Å². The molecule has 1 aromatic rings. The number of rotatable bonds is 2. The van der Waals surface area contributed by atoms with E-state index < -0.39 is 28.5 Å². The first-order chi connectivity index (χ1) is 6.45. The third-order valence-electron chi connectivity index (χ3n) is 1.47. The zero-order valence-corrected chi connectivity index (χ0v) is 9.38. The topological polar surface area (TPSA) is 50.2 Å². The summed E-state index contributed by atoms with van der Waals surface area (Å²) in [6.45, 7) is 0. The average molecular weight is 333 g/mol. The summed E-state index contributed by atoms with van der Waals surface area (Å²) in [5.74, 6) is -0.732. The van der Waals surface area contributed by atoms with Crippen LogP contribution in [0.15, 0.2) is 6.20 Å². The third-order valence-corrected chi connectivity index (χ3v) is 2.47. The molecule has 1 heterocycles. The van der Waals surface area contributed by atoms with Crippen LogP contribution in [0, 0.1) is 3.70 Å². The van der Waals surface area contributed by atoms with Crippen LogP contribution in [0.4, 0.5) is 8.78 Å². The van der Waals surface area contributed by atoms with Crippen molar-refractivity contribution in [3.63, 3.8) is 0 Å². The van der Waals surface area contributed by atoms with Gasteiger partial charge in [0.15, 0.2) is 0 Å². The Morgan fingerprint density at radius 2 is 2.21 bits per heavy atom. The highest BCUT2D eigenvalue weighted by atomic mass is 127. The predicted octanol–water partition coefficient (Wildman–Crippen LogP) is 2.71. The Morgan fingerprint density at radius 3 is 2.57 bits per heavy atom. The van der Waals surface area contributed by atoms with Gasteiger partial charge in [0.25, 0.3) is 11.7 Å². The number of aromatic nitrogens is 1. The maximum Gasteiger partial charge on any atom is 0.268 e. The van der Waals surface area contributed by atoms with Gasteiger partial charge < -0.3 is 5.11 Å². The van der Waals surface area contributed by atoms with E-state index in [9.17, 15) is 13.6 Å². The van der Waals surface area contributed by atoms with Crippen molar-refractivity contribution in [3.8, 4) is 5.75 Å². The van der Waals surface area contributed by atoms with Crippen LogP contribution in [-0.4, -0.2) is 15.3 Å². The number of halogens is 4. The van der Waals surface area contributed by atoms with E-state index in [0.717, 1.165) is 6.20 Å². The Bertz CT molecular complexity index is 386. The maximum absolute atomic E-state index is 12.4. The number of carbonyl (C=O) groups excluding carboxylic acids is 1. The first-order valence-corrected chi connectivity index (χ1v) is 4.76. The Labute approximate surface area is 96.2 Å². The lowest BCUT2D eigenvalue weighted by Crippen LogP contribution is -2.04. The molecule has 0 bridgehead atoms. The second kappa shape index (κ2) is 4.35. The molecule has 0 saturated carbocycles. The predicted molar refractivity (Wildman–Crippen MR) is 53.8 cm³/mol. The minimum absolute atomic E-state index is 0.0377. The molecule has 14 heavy (non-hydrogen) atoms. The van der Waals surface area contributed by atoms with Gasteiger partial charge in [-0.05, 0) is 34.2 Å².